The van der Waals surface area contributed by atoms with Crippen LogP contribution in [0.1, 0.15) is 44.1 Å². The van der Waals surface area contributed by atoms with Crippen LogP contribution in [0.2, 0.25) is 0 Å². The third-order valence-corrected chi connectivity index (χ3v) is 1.86. The van der Waals surface area contributed by atoms with Crippen molar-refractivity contribution < 1.29 is 4.39 Å². The van der Waals surface area contributed by atoms with Gasteiger partial charge in [-0.1, -0.05) is 19.9 Å². The molecule has 0 aromatic carbocycles. The highest BCUT2D eigenvalue weighted by Crippen LogP contribution is 2.17. The summed E-state index contributed by atoms with van der Waals surface area (Å²) < 4.78 is 12.7. The maximum atomic E-state index is 12.7. The molecule has 66 valence electrons. The van der Waals surface area contributed by atoms with Crippen LogP contribution >= 0.6 is 0 Å². The Morgan fingerprint density at radius 1 is 1.25 bits per heavy atom. The van der Waals surface area contributed by atoms with Crippen LogP contribution in [0.15, 0.2) is 18.3 Å². The van der Waals surface area contributed by atoms with Gasteiger partial charge in [0.05, 0.1) is 0 Å². The molecule has 0 saturated carbocycles. The van der Waals surface area contributed by atoms with E-state index < -0.39 is 6.17 Å². The van der Waals surface area contributed by atoms with Crippen molar-refractivity contribution in [2.24, 2.45) is 0 Å². The number of alkyl halides is 1. The summed E-state index contributed by atoms with van der Waals surface area (Å²) >= 11 is 0. The van der Waals surface area contributed by atoms with E-state index in [1.807, 2.05) is 6.07 Å². The van der Waals surface area contributed by atoms with Gasteiger partial charge in [-0.2, -0.15) is 0 Å². The predicted molar refractivity (Wildman–Crippen MR) is 47.8 cm³/mol. The lowest BCUT2D eigenvalue weighted by molar-refractivity contribution is 0.373. The summed E-state index contributed by atoms with van der Waals surface area (Å²) in [5, 5.41) is 0. The molecule has 0 saturated heterocycles. The average Bonchev–Trinajstić information content (AvgIpc) is 2.04. The number of nitrogens with zero attached hydrogens (tertiary/aromatic N) is 1. The zero-order valence-corrected chi connectivity index (χ0v) is 7.71. The minimum Gasteiger partial charge on any atom is -0.261 e. The van der Waals surface area contributed by atoms with Crippen LogP contribution in [-0.4, -0.2) is 4.98 Å². The molecule has 1 aromatic heterocycles. The number of halogens is 1. The topological polar surface area (TPSA) is 12.9 Å². The van der Waals surface area contributed by atoms with Crippen molar-refractivity contribution in [2.45, 2.75) is 32.9 Å². The van der Waals surface area contributed by atoms with Crippen LogP contribution < -0.4 is 0 Å². The molecule has 0 amide bonds. The molecule has 0 aliphatic heterocycles. The zero-order valence-electron chi connectivity index (χ0n) is 7.71. The van der Waals surface area contributed by atoms with Crippen molar-refractivity contribution in [1.82, 2.24) is 4.98 Å². The fourth-order valence-electron chi connectivity index (χ4n) is 0.994. The van der Waals surface area contributed by atoms with Crippen molar-refractivity contribution in [2.75, 3.05) is 0 Å². The normalized spacial score (nSPS) is 13.4. The number of hydrogen-bond acceptors (Lipinski definition) is 1. The minimum absolute atomic E-state index is 0.411. The first kappa shape index (κ1) is 9.17. The van der Waals surface area contributed by atoms with Crippen LogP contribution in [-0.2, 0) is 0 Å². The third-order valence-electron chi connectivity index (χ3n) is 1.86. The van der Waals surface area contributed by atoms with E-state index in [0.717, 1.165) is 5.69 Å². The fourth-order valence-corrected chi connectivity index (χ4v) is 0.994. The largest absolute Gasteiger partial charge is 0.261 e. The Balaban J connectivity index is 2.86. The van der Waals surface area contributed by atoms with E-state index in [9.17, 15) is 4.39 Å². The Morgan fingerprint density at radius 3 is 2.25 bits per heavy atom. The summed E-state index contributed by atoms with van der Waals surface area (Å²) in [5.74, 6) is 0.411. The number of hydrogen-bond donors (Lipinski definition) is 0. The van der Waals surface area contributed by atoms with E-state index in [4.69, 9.17) is 0 Å². The Kier molecular flexibility index (Phi) is 2.79. The van der Waals surface area contributed by atoms with E-state index in [0.29, 0.717) is 11.5 Å². The lowest BCUT2D eigenvalue weighted by Crippen LogP contribution is -1.94. The molecule has 0 aliphatic carbocycles. The molecule has 1 rings (SSSR count). The quantitative estimate of drug-likeness (QED) is 0.659. The first-order valence-corrected chi connectivity index (χ1v) is 4.21. The van der Waals surface area contributed by atoms with Crippen molar-refractivity contribution >= 4 is 0 Å². The lowest BCUT2D eigenvalue weighted by atomic mass is 10.1. The molecule has 0 fully saturated rings. The van der Waals surface area contributed by atoms with Gasteiger partial charge in [0.25, 0.3) is 0 Å². The molecule has 0 aliphatic rings. The van der Waals surface area contributed by atoms with E-state index in [-0.39, 0.29) is 0 Å². The second-order valence-corrected chi connectivity index (χ2v) is 3.29. The Labute approximate surface area is 72.6 Å². The summed E-state index contributed by atoms with van der Waals surface area (Å²) in [6.45, 7) is 5.66. The molecule has 0 spiro atoms. The van der Waals surface area contributed by atoms with E-state index in [1.54, 1.807) is 12.3 Å². The summed E-state index contributed by atoms with van der Waals surface area (Å²) in [7, 11) is 0. The van der Waals surface area contributed by atoms with Crippen molar-refractivity contribution in [3.05, 3.63) is 29.6 Å². The van der Waals surface area contributed by atoms with Crippen molar-refractivity contribution in [1.29, 1.82) is 0 Å². The number of rotatable bonds is 2. The maximum absolute atomic E-state index is 12.7. The number of aromatic nitrogens is 1. The van der Waals surface area contributed by atoms with Gasteiger partial charge in [0.2, 0.25) is 0 Å². The molecule has 1 unspecified atom stereocenters. The van der Waals surface area contributed by atoms with Gasteiger partial charge in [-0.25, -0.2) is 4.39 Å². The standard InChI is InChI=1S/C10H14FN/c1-7(2)10-5-4-9(6-12-10)8(3)11/h4-8H,1-3H3. The van der Waals surface area contributed by atoms with Gasteiger partial charge in [-0.3, -0.25) is 4.98 Å². The van der Waals surface area contributed by atoms with E-state index in [2.05, 4.69) is 18.8 Å². The average molecular weight is 167 g/mol. The highest BCUT2D eigenvalue weighted by molar-refractivity contribution is 5.17. The molecule has 2 heteroatoms. The SMILES string of the molecule is CC(C)c1ccc(C(C)F)cn1. The molecule has 1 heterocycles. The van der Waals surface area contributed by atoms with Crippen LogP contribution in [0, 0.1) is 0 Å². The highest BCUT2D eigenvalue weighted by Gasteiger charge is 2.04. The van der Waals surface area contributed by atoms with Gasteiger partial charge >= 0.3 is 0 Å². The maximum Gasteiger partial charge on any atom is 0.124 e. The third kappa shape index (κ3) is 2.03. The van der Waals surface area contributed by atoms with Crippen LogP contribution in [0.25, 0.3) is 0 Å². The Hall–Kier alpha value is -0.920. The van der Waals surface area contributed by atoms with Crippen molar-refractivity contribution in [3.63, 3.8) is 0 Å². The molecule has 0 bridgehead atoms. The fraction of sp³-hybridized carbons (Fsp3) is 0.500. The first-order valence-electron chi connectivity index (χ1n) is 4.21. The second-order valence-electron chi connectivity index (χ2n) is 3.29. The van der Waals surface area contributed by atoms with Gasteiger partial charge in [0.1, 0.15) is 6.17 Å². The zero-order chi connectivity index (χ0) is 9.14. The minimum atomic E-state index is -0.918. The van der Waals surface area contributed by atoms with Gasteiger partial charge in [0, 0.05) is 17.5 Å². The molecular weight excluding hydrogens is 153 g/mol. The highest BCUT2D eigenvalue weighted by atomic mass is 19.1. The van der Waals surface area contributed by atoms with Crippen LogP contribution in [0.3, 0.4) is 0 Å². The van der Waals surface area contributed by atoms with Gasteiger partial charge in [-0.15, -0.1) is 0 Å². The summed E-state index contributed by atoms with van der Waals surface area (Å²) in [6, 6.07) is 3.68. The van der Waals surface area contributed by atoms with Gasteiger partial charge in [-0.05, 0) is 18.9 Å². The molecule has 12 heavy (non-hydrogen) atoms. The van der Waals surface area contributed by atoms with Gasteiger partial charge in [0.15, 0.2) is 0 Å². The first-order chi connectivity index (χ1) is 5.61. The Morgan fingerprint density at radius 2 is 1.92 bits per heavy atom. The lowest BCUT2D eigenvalue weighted by Gasteiger charge is -2.05. The summed E-state index contributed by atoms with van der Waals surface area (Å²) in [5.41, 5.74) is 1.67. The van der Waals surface area contributed by atoms with Gasteiger partial charge < -0.3 is 0 Å². The monoisotopic (exact) mass is 167 g/mol. The molecular formula is C10H14FN. The van der Waals surface area contributed by atoms with E-state index >= 15 is 0 Å². The van der Waals surface area contributed by atoms with Crippen LogP contribution in [0.4, 0.5) is 4.39 Å². The van der Waals surface area contributed by atoms with Crippen molar-refractivity contribution in [3.8, 4) is 0 Å². The smallest absolute Gasteiger partial charge is 0.124 e. The molecule has 0 N–H and O–H groups in total. The molecule has 0 radical (unpaired) electrons. The second kappa shape index (κ2) is 3.65. The van der Waals surface area contributed by atoms with Crippen LogP contribution in [0.5, 0.6) is 0 Å². The summed E-state index contributed by atoms with van der Waals surface area (Å²) in [4.78, 5) is 4.16. The Bertz CT molecular complexity index is 212. The molecule has 1 nitrogen and oxygen atoms in total. The summed E-state index contributed by atoms with van der Waals surface area (Å²) in [6.07, 6.45) is 0.693. The molecule has 1 atom stereocenters. The number of pyridine rings is 1. The predicted octanol–water partition coefficient (Wildman–Crippen LogP) is 3.24. The van der Waals surface area contributed by atoms with E-state index in [1.165, 1.54) is 6.92 Å². The molecule has 1 aromatic rings.